The van der Waals surface area contributed by atoms with Gasteiger partial charge in [-0.3, -0.25) is 9.69 Å². The van der Waals surface area contributed by atoms with Crippen LogP contribution in [0, 0.1) is 0 Å². The smallest absolute Gasteiger partial charge is 0.261 e. The molecule has 0 bridgehead atoms. The highest BCUT2D eigenvalue weighted by Crippen LogP contribution is 2.16. The first kappa shape index (κ1) is 15.6. The van der Waals surface area contributed by atoms with Gasteiger partial charge in [0.2, 0.25) is 5.91 Å². The lowest BCUT2D eigenvalue weighted by Crippen LogP contribution is -2.57. The van der Waals surface area contributed by atoms with Crippen LogP contribution in [-0.4, -0.2) is 80.7 Å². The molecule has 0 saturated carbocycles. The molecule has 5 nitrogen and oxygen atoms in total. The maximum absolute atomic E-state index is 12.0. The molecule has 0 aromatic heterocycles. The number of rotatable bonds is 6. The van der Waals surface area contributed by atoms with Crippen LogP contribution in [0.25, 0.3) is 0 Å². The van der Waals surface area contributed by atoms with Crippen LogP contribution in [0.5, 0.6) is 0 Å². The number of hydrogen-bond donors (Lipinski definition) is 1. The number of alkyl halides is 2. The van der Waals surface area contributed by atoms with E-state index in [9.17, 15) is 13.6 Å². The summed E-state index contributed by atoms with van der Waals surface area (Å²) >= 11 is 0. The molecular formula is C13H23F2N3O2. The van der Waals surface area contributed by atoms with E-state index in [1.807, 2.05) is 4.90 Å². The average Bonchev–Trinajstić information content (AvgIpc) is 2.44. The second kappa shape index (κ2) is 7.85. The fraction of sp³-hybridized carbons (Fsp3) is 0.923. The van der Waals surface area contributed by atoms with Gasteiger partial charge in [0.05, 0.1) is 13.2 Å². The summed E-state index contributed by atoms with van der Waals surface area (Å²) in [7, 11) is 0. The SMILES string of the molecule is O=C1CNCCN1C1CCCN(CCOCC(F)F)C1. The van der Waals surface area contributed by atoms with E-state index in [2.05, 4.69) is 10.2 Å². The van der Waals surface area contributed by atoms with Gasteiger partial charge < -0.3 is 15.0 Å². The Kier molecular flexibility index (Phi) is 6.12. The van der Waals surface area contributed by atoms with Crippen molar-refractivity contribution >= 4 is 5.91 Å². The van der Waals surface area contributed by atoms with Gasteiger partial charge in [-0.15, -0.1) is 0 Å². The fourth-order valence-electron chi connectivity index (χ4n) is 2.86. The molecule has 2 aliphatic heterocycles. The predicted octanol–water partition coefficient (Wildman–Crippen LogP) is 0.164. The number of amides is 1. The van der Waals surface area contributed by atoms with Crippen molar-refractivity contribution in [3.63, 3.8) is 0 Å². The average molecular weight is 291 g/mol. The van der Waals surface area contributed by atoms with Crippen LogP contribution in [0.2, 0.25) is 0 Å². The van der Waals surface area contributed by atoms with Gasteiger partial charge in [-0.2, -0.15) is 0 Å². The quantitative estimate of drug-likeness (QED) is 0.708. The summed E-state index contributed by atoms with van der Waals surface area (Å²) < 4.78 is 28.8. The summed E-state index contributed by atoms with van der Waals surface area (Å²) in [5.74, 6) is 0.164. The van der Waals surface area contributed by atoms with Gasteiger partial charge in [0.15, 0.2) is 0 Å². The Balaban J connectivity index is 1.72. The van der Waals surface area contributed by atoms with Crippen molar-refractivity contribution in [3.8, 4) is 0 Å². The zero-order valence-electron chi connectivity index (χ0n) is 11.7. The molecular weight excluding hydrogens is 268 g/mol. The van der Waals surface area contributed by atoms with Crippen molar-refractivity contribution < 1.29 is 18.3 Å². The van der Waals surface area contributed by atoms with Gasteiger partial charge in [-0.1, -0.05) is 0 Å². The van der Waals surface area contributed by atoms with Gasteiger partial charge in [0.25, 0.3) is 6.43 Å². The first-order valence-electron chi connectivity index (χ1n) is 7.25. The largest absolute Gasteiger partial charge is 0.374 e. The minimum Gasteiger partial charge on any atom is -0.374 e. The Labute approximate surface area is 118 Å². The number of likely N-dealkylation sites (tertiary alicyclic amines) is 1. The topological polar surface area (TPSA) is 44.8 Å². The number of ether oxygens (including phenoxy) is 1. The zero-order chi connectivity index (χ0) is 14.4. The highest BCUT2D eigenvalue weighted by molar-refractivity contribution is 5.79. The lowest BCUT2D eigenvalue weighted by Gasteiger charge is -2.41. The number of nitrogens with one attached hydrogen (secondary N) is 1. The minimum atomic E-state index is -2.40. The third kappa shape index (κ3) is 4.64. The molecule has 2 aliphatic rings. The third-order valence-electron chi connectivity index (χ3n) is 3.84. The van der Waals surface area contributed by atoms with Crippen LogP contribution < -0.4 is 5.32 Å². The molecule has 2 heterocycles. The van der Waals surface area contributed by atoms with Gasteiger partial charge in [0.1, 0.15) is 6.61 Å². The number of hydrogen-bond acceptors (Lipinski definition) is 4. The standard InChI is InChI=1S/C13H23F2N3O2/c14-12(15)10-20-7-6-17-4-1-2-11(9-17)18-5-3-16-8-13(18)19/h11-12,16H,1-10H2. The predicted molar refractivity (Wildman–Crippen MR) is 70.9 cm³/mol. The summed E-state index contributed by atoms with van der Waals surface area (Å²) in [6.45, 7) is 4.30. The van der Waals surface area contributed by atoms with Crippen LogP contribution >= 0.6 is 0 Å². The van der Waals surface area contributed by atoms with Crippen LogP contribution in [0.1, 0.15) is 12.8 Å². The Hall–Kier alpha value is -0.790. The van der Waals surface area contributed by atoms with Gasteiger partial charge >= 0.3 is 0 Å². The van der Waals surface area contributed by atoms with E-state index in [4.69, 9.17) is 4.74 Å². The second-order valence-electron chi connectivity index (χ2n) is 5.33. The molecule has 1 N–H and O–H groups in total. The molecule has 116 valence electrons. The number of halogens is 2. The first-order valence-corrected chi connectivity index (χ1v) is 7.25. The molecule has 0 spiro atoms. The summed E-state index contributed by atoms with van der Waals surface area (Å²) in [5, 5.41) is 3.07. The maximum Gasteiger partial charge on any atom is 0.261 e. The fourth-order valence-corrected chi connectivity index (χ4v) is 2.86. The van der Waals surface area contributed by atoms with E-state index in [0.717, 1.165) is 39.0 Å². The van der Waals surface area contributed by atoms with Crippen molar-refractivity contribution in [1.29, 1.82) is 0 Å². The highest BCUT2D eigenvalue weighted by atomic mass is 19.3. The Morgan fingerprint density at radius 2 is 2.25 bits per heavy atom. The van der Waals surface area contributed by atoms with Gasteiger partial charge in [0, 0.05) is 32.2 Å². The van der Waals surface area contributed by atoms with E-state index in [-0.39, 0.29) is 11.9 Å². The number of carbonyl (C=O) groups excluding carboxylic acids is 1. The minimum absolute atomic E-state index is 0.164. The summed E-state index contributed by atoms with van der Waals surface area (Å²) in [6, 6.07) is 0.258. The molecule has 1 unspecified atom stereocenters. The van der Waals surface area contributed by atoms with E-state index in [1.165, 1.54) is 0 Å². The van der Waals surface area contributed by atoms with Crippen molar-refractivity contribution in [3.05, 3.63) is 0 Å². The Morgan fingerprint density at radius 3 is 3.00 bits per heavy atom. The molecule has 0 aliphatic carbocycles. The lowest BCUT2D eigenvalue weighted by molar-refractivity contribution is -0.135. The molecule has 0 aromatic carbocycles. The number of piperidine rings is 1. The molecule has 0 radical (unpaired) electrons. The van der Waals surface area contributed by atoms with Gasteiger partial charge in [-0.05, 0) is 19.4 Å². The van der Waals surface area contributed by atoms with E-state index in [1.54, 1.807) is 0 Å². The molecule has 0 aromatic rings. The number of carbonyl (C=O) groups is 1. The van der Waals surface area contributed by atoms with Crippen molar-refractivity contribution in [1.82, 2.24) is 15.1 Å². The third-order valence-corrected chi connectivity index (χ3v) is 3.84. The van der Waals surface area contributed by atoms with E-state index in [0.29, 0.717) is 19.7 Å². The molecule has 2 fully saturated rings. The molecule has 1 atom stereocenters. The Morgan fingerprint density at radius 1 is 1.40 bits per heavy atom. The van der Waals surface area contributed by atoms with Crippen LogP contribution in [0.3, 0.4) is 0 Å². The first-order chi connectivity index (χ1) is 9.66. The van der Waals surface area contributed by atoms with Crippen molar-refractivity contribution in [2.45, 2.75) is 25.3 Å². The molecule has 7 heteroatoms. The molecule has 2 rings (SSSR count). The maximum atomic E-state index is 12.0. The van der Waals surface area contributed by atoms with E-state index >= 15 is 0 Å². The lowest BCUT2D eigenvalue weighted by atomic mass is 10.0. The van der Waals surface area contributed by atoms with Crippen LogP contribution in [0.15, 0.2) is 0 Å². The summed E-state index contributed by atoms with van der Waals surface area (Å²) in [5.41, 5.74) is 0. The van der Waals surface area contributed by atoms with Crippen molar-refractivity contribution in [2.24, 2.45) is 0 Å². The summed E-state index contributed by atoms with van der Waals surface area (Å²) in [4.78, 5) is 16.0. The second-order valence-corrected chi connectivity index (χ2v) is 5.33. The number of nitrogens with zero attached hydrogens (tertiary/aromatic N) is 2. The molecule has 1 amide bonds. The highest BCUT2D eigenvalue weighted by Gasteiger charge is 2.29. The molecule has 20 heavy (non-hydrogen) atoms. The monoisotopic (exact) mass is 291 g/mol. The van der Waals surface area contributed by atoms with Crippen molar-refractivity contribution in [2.75, 3.05) is 52.5 Å². The van der Waals surface area contributed by atoms with Gasteiger partial charge in [-0.25, -0.2) is 8.78 Å². The van der Waals surface area contributed by atoms with Crippen LogP contribution in [0.4, 0.5) is 8.78 Å². The van der Waals surface area contributed by atoms with E-state index < -0.39 is 13.0 Å². The summed E-state index contributed by atoms with van der Waals surface area (Å²) in [6.07, 6.45) is -0.334. The zero-order valence-corrected chi connectivity index (χ0v) is 11.7. The number of piperazine rings is 1. The normalized spacial score (nSPS) is 25.4. The Bertz CT molecular complexity index is 318. The molecule has 2 saturated heterocycles. The van der Waals surface area contributed by atoms with Crippen LogP contribution in [-0.2, 0) is 9.53 Å².